The van der Waals surface area contributed by atoms with Crippen molar-refractivity contribution in [2.45, 2.75) is 144 Å². The first-order chi connectivity index (χ1) is 27.0. The topological polar surface area (TPSA) is 166 Å². The van der Waals surface area contributed by atoms with Gasteiger partial charge in [0.05, 0.1) is 23.2 Å². The van der Waals surface area contributed by atoms with E-state index in [4.69, 9.17) is 9.47 Å². The lowest BCUT2D eigenvalue weighted by atomic mass is 9.35. The van der Waals surface area contributed by atoms with Gasteiger partial charge in [0.15, 0.2) is 5.60 Å². The van der Waals surface area contributed by atoms with Gasteiger partial charge >= 0.3 is 5.97 Å². The maximum absolute atomic E-state index is 14.1. The Balaban J connectivity index is 1.11. The van der Waals surface area contributed by atoms with E-state index in [1.807, 2.05) is 0 Å². The van der Waals surface area contributed by atoms with E-state index >= 15 is 0 Å². The summed E-state index contributed by atoms with van der Waals surface area (Å²) in [5.74, 6) is -2.19. The minimum Gasteiger partial charge on any atom is -0.447 e. The van der Waals surface area contributed by atoms with Crippen molar-refractivity contribution >= 4 is 12.3 Å². The fourth-order valence-electron chi connectivity index (χ4n) is 17.0. The van der Waals surface area contributed by atoms with Gasteiger partial charge in [0, 0.05) is 49.5 Å². The highest BCUT2D eigenvalue weighted by Crippen LogP contribution is 2.78. The van der Waals surface area contributed by atoms with Gasteiger partial charge in [0.2, 0.25) is 0 Å². The summed E-state index contributed by atoms with van der Waals surface area (Å²) in [6.45, 7) is 1.89. The van der Waals surface area contributed by atoms with Crippen molar-refractivity contribution < 1.29 is 44.6 Å². The number of fused-ring (bicyclic) bond motifs is 4. The lowest BCUT2D eigenvalue weighted by Crippen LogP contribution is -2.85. The predicted octanol–water partition coefficient (Wildman–Crippen LogP) is 4.31. The second kappa shape index (κ2) is 13.3. The maximum Gasteiger partial charge on any atom is 0.332 e. The van der Waals surface area contributed by atoms with E-state index in [2.05, 4.69) is 23.5 Å². The lowest BCUT2D eigenvalue weighted by molar-refractivity contribution is -0.375. The Hall–Kier alpha value is -1.92. The standard InChI is InChI=1S/C46H65NO9/c1-55-19-7-18-47-25-30-20-29-24-44(52)41(14-4-5-15-43(30)34(39(29)41)23-38(50)56-43)17-13-37-42(26-48)16-12-36(49)33-21-28-10-6-11-31(27-8-2-3-9-27)32(28)22-35(45(33,42)53)40(51)46(37,44)54/h6,10,20,23,26-29,31-33,35-37,39-40,47,49,51-54H,2-5,7-9,11-19,21-22,24-25H2,1H3/t28-,29-,31-,32-,33-,35-,36+,37-,39-,40-,41-,42+,43-,44-,45-,46-/m1/s1. The molecule has 7 fully saturated rings. The summed E-state index contributed by atoms with van der Waals surface area (Å²) in [5, 5.41) is 70.2. The Morgan fingerprint density at radius 1 is 0.929 bits per heavy atom. The number of aldehydes is 1. The Bertz CT molecular complexity index is 1710. The molecule has 0 radical (unpaired) electrons. The largest absolute Gasteiger partial charge is 0.447 e. The van der Waals surface area contributed by atoms with Gasteiger partial charge in [0.25, 0.3) is 0 Å². The molecule has 10 heteroatoms. The van der Waals surface area contributed by atoms with Gasteiger partial charge in [-0.1, -0.05) is 50.3 Å². The van der Waals surface area contributed by atoms with Crippen LogP contribution in [-0.2, 0) is 19.1 Å². The van der Waals surface area contributed by atoms with E-state index in [0.29, 0.717) is 69.9 Å². The number of hydrogen-bond acceptors (Lipinski definition) is 10. The molecule has 0 amide bonds. The zero-order chi connectivity index (χ0) is 38.9. The molecule has 1 aliphatic heterocycles. The SMILES string of the molecule is COCCCNCC1=C[C@@H]2C[C@@]3(O)[C@]4(CCCC[C@@]15OC(=O)C=C5[C@@H]24)CC[C@H]1[C@@]3(O)[C@H](O)[C@H]2C[C@@H]3[C@H](C=CC[C@@H]3C3CCCC3)C[C@@H]3[C@@H](O)CC[C@@]1(C=O)[C@]23O. The molecule has 0 unspecified atom stereocenters. The second-order valence-electron chi connectivity index (χ2n) is 20.5. The lowest BCUT2D eigenvalue weighted by Gasteiger charge is -2.73. The highest BCUT2D eigenvalue weighted by atomic mass is 16.6. The third kappa shape index (κ3) is 4.64. The Labute approximate surface area is 331 Å². The van der Waals surface area contributed by atoms with Gasteiger partial charge in [-0.25, -0.2) is 4.79 Å². The molecular formula is C46H65NO9. The Kier molecular flexibility index (Phi) is 9.09. The molecule has 1 heterocycles. The van der Waals surface area contributed by atoms with Crippen LogP contribution in [0.4, 0.5) is 0 Å². The van der Waals surface area contributed by atoms with Crippen LogP contribution in [0.2, 0.25) is 0 Å². The van der Waals surface area contributed by atoms with Crippen LogP contribution in [-0.4, -0.2) is 99.2 Å². The van der Waals surface area contributed by atoms with E-state index in [-0.39, 0.29) is 42.5 Å². The quantitative estimate of drug-likeness (QED) is 0.0906. The zero-order valence-corrected chi connectivity index (χ0v) is 33.2. The highest BCUT2D eigenvalue weighted by molar-refractivity contribution is 5.88. The molecule has 16 atom stereocenters. The van der Waals surface area contributed by atoms with Crippen molar-refractivity contribution in [1.29, 1.82) is 0 Å². The Morgan fingerprint density at radius 2 is 1.73 bits per heavy atom. The van der Waals surface area contributed by atoms with Crippen LogP contribution in [0.25, 0.3) is 0 Å². The fourth-order valence-corrected chi connectivity index (χ4v) is 17.0. The second-order valence-corrected chi connectivity index (χ2v) is 20.5. The molecule has 9 aliphatic carbocycles. The van der Waals surface area contributed by atoms with Gasteiger partial charge in [0.1, 0.15) is 17.5 Å². The average Bonchev–Trinajstić information content (AvgIpc) is 3.86. The molecular weight excluding hydrogens is 711 g/mol. The summed E-state index contributed by atoms with van der Waals surface area (Å²) in [6.07, 6.45) is 18.9. The number of methoxy groups -OCH3 is 1. The zero-order valence-electron chi connectivity index (χ0n) is 33.2. The third-order valence-corrected chi connectivity index (χ3v) is 19.0. The predicted molar refractivity (Wildman–Crippen MR) is 207 cm³/mol. The highest BCUT2D eigenvalue weighted by Gasteiger charge is 2.85. The summed E-state index contributed by atoms with van der Waals surface area (Å²) < 4.78 is 11.6. The van der Waals surface area contributed by atoms with Crippen LogP contribution in [0, 0.1) is 64.1 Å². The number of carbonyl (C=O) groups excluding carboxylic acids is 2. The molecule has 1 spiro atoms. The van der Waals surface area contributed by atoms with E-state index in [0.717, 1.165) is 49.7 Å². The number of allylic oxidation sites excluding steroid dienone is 3. The summed E-state index contributed by atoms with van der Waals surface area (Å²) in [4.78, 5) is 27.6. The van der Waals surface area contributed by atoms with Crippen molar-refractivity contribution in [2.24, 2.45) is 64.1 Å². The van der Waals surface area contributed by atoms with Crippen LogP contribution in [0.3, 0.4) is 0 Å². The molecule has 0 saturated heterocycles. The van der Waals surface area contributed by atoms with Gasteiger partial charge < -0.3 is 45.1 Å². The number of nitrogens with one attached hydrogen (secondary N) is 1. The van der Waals surface area contributed by atoms with E-state index < -0.39 is 63.2 Å². The summed E-state index contributed by atoms with van der Waals surface area (Å²) in [6, 6.07) is 0. The number of esters is 1. The number of carbonyl (C=O) groups is 2. The number of aliphatic hydroxyl groups is 5. The van der Waals surface area contributed by atoms with Gasteiger partial charge in [-0.2, -0.15) is 0 Å². The average molecular weight is 776 g/mol. The van der Waals surface area contributed by atoms with Crippen molar-refractivity contribution in [3.63, 3.8) is 0 Å². The van der Waals surface area contributed by atoms with E-state index in [1.165, 1.54) is 25.7 Å². The summed E-state index contributed by atoms with van der Waals surface area (Å²) in [5.41, 5.74) is -7.04. The first-order valence-electron chi connectivity index (χ1n) is 22.5. The van der Waals surface area contributed by atoms with Crippen LogP contribution < -0.4 is 5.32 Å². The van der Waals surface area contributed by atoms with Gasteiger partial charge in [-0.15, -0.1) is 0 Å². The number of hydrogen-bond donors (Lipinski definition) is 6. The van der Waals surface area contributed by atoms with Gasteiger partial charge in [-0.3, -0.25) is 0 Å². The maximum atomic E-state index is 14.1. The number of rotatable bonds is 8. The van der Waals surface area contributed by atoms with Crippen molar-refractivity contribution in [3.05, 3.63) is 35.5 Å². The molecule has 7 saturated carbocycles. The minimum atomic E-state index is -2.11. The van der Waals surface area contributed by atoms with Crippen molar-refractivity contribution in [2.75, 3.05) is 26.8 Å². The Morgan fingerprint density at radius 3 is 2.52 bits per heavy atom. The van der Waals surface area contributed by atoms with Crippen molar-refractivity contribution in [1.82, 2.24) is 5.32 Å². The normalized spacial score (nSPS) is 52.9. The van der Waals surface area contributed by atoms with E-state index in [1.54, 1.807) is 13.2 Å². The molecule has 6 N–H and O–H groups in total. The summed E-state index contributed by atoms with van der Waals surface area (Å²) >= 11 is 0. The number of ether oxygens (including phenoxy) is 2. The third-order valence-electron chi connectivity index (χ3n) is 19.0. The first kappa shape index (κ1) is 38.3. The fraction of sp³-hybridized carbons (Fsp3) is 0.826. The molecule has 10 nitrogen and oxygen atoms in total. The smallest absolute Gasteiger partial charge is 0.332 e. The molecule has 0 aromatic rings. The van der Waals surface area contributed by atoms with Crippen LogP contribution >= 0.6 is 0 Å². The van der Waals surface area contributed by atoms with Gasteiger partial charge in [-0.05, 0) is 130 Å². The van der Waals surface area contributed by atoms with Crippen LogP contribution in [0.5, 0.6) is 0 Å². The minimum absolute atomic E-state index is 0.0935. The molecule has 56 heavy (non-hydrogen) atoms. The molecule has 308 valence electrons. The molecule has 0 aromatic carbocycles. The molecule has 2 bridgehead atoms. The molecule has 10 aliphatic rings. The molecule has 0 aromatic heterocycles. The number of aliphatic hydroxyl groups excluding tert-OH is 2. The molecule has 10 rings (SSSR count). The van der Waals surface area contributed by atoms with Crippen molar-refractivity contribution in [3.8, 4) is 0 Å². The first-order valence-corrected chi connectivity index (χ1v) is 22.5. The monoisotopic (exact) mass is 775 g/mol. The van der Waals surface area contributed by atoms with Crippen LogP contribution in [0.1, 0.15) is 109 Å². The van der Waals surface area contributed by atoms with E-state index in [9.17, 15) is 35.1 Å². The van der Waals surface area contributed by atoms with Crippen LogP contribution in [0.15, 0.2) is 35.5 Å². The summed E-state index contributed by atoms with van der Waals surface area (Å²) in [7, 11) is 1.69.